The number of carbonyl (C=O) groups is 2. The van der Waals surface area contributed by atoms with Gasteiger partial charge in [-0.15, -0.1) is 6.58 Å². The van der Waals surface area contributed by atoms with Crippen LogP contribution in [-0.4, -0.2) is 36.5 Å². The van der Waals surface area contributed by atoms with Crippen molar-refractivity contribution in [1.29, 1.82) is 0 Å². The Kier molecular flexibility index (Phi) is 4.00. The molecule has 116 valence electrons. The fourth-order valence-corrected chi connectivity index (χ4v) is 2.71. The molecule has 2 saturated heterocycles. The Morgan fingerprint density at radius 3 is 2.73 bits per heavy atom. The summed E-state index contributed by atoms with van der Waals surface area (Å²) in [5.41, 5.74) is 0.228. The fourth-order valence-electron chi connectivity index (χ4n) is 2.71. The zero-order valence-electron chi connectivity index (χ0n) is 12.4. The Bertz CT molecular complexity index is 626. The minimum Gasteiger partial charge on any atom is -0.441 e. The van der Waals surface area contributed by atoms with Gasteiger partial charge in [0.2, 0.25) is 0 Å². The van der Waals surface area contributed by atoms with Gasteiger partial charge < -0.3 is 14.6 Å². The molecule has 2 aliphatic heterocycles. The molecule has 1 aromatic heterocycles. The number of nitrogens with zero attached hydrogens (tertiary/aromatic N) is 2. The van der Waals surface area contributed by atoms with E-state index in [9.17, 15) is 9.59 Å². The molecule has 0 aromatic carbocycles. The number of anilines is 1. The zero-order valence-corrected chi connectivity index (χ0v) is 12.4. The molecule has 1 aromatic rings. The van der Waals surface area contributed by atoms with Crippen LogP contribution in [0.5, 0.6) is 0 Å². The first-order valence-electron chi connectivity index (χ1n) is 7.49. The van der Waals surface area contributed by atoms with Gasteiger partial charge in [-0.05, 0) is 25.3 Å². The Morgan fingerprint density at radius 2 is 2.00 bits per heavy atom. The van der Waals surface area contributed by atoms with Crippen molar-refractivity contribution in [3.63, 3.8) is 0 Å². The quantitative estimate of drug-likeness (QED) is 0.527. The van der Waals surface area contributed by atoms with Crippen molar-refractivity contribution in [2.24, 2.45) is 0 Å². The highest BCUT2D eigenvalue weighted by Crippen LogP contribution is 2.24. The second-order valence-corrected chi connectivity index (χ2v) is 5.42. The summed E-state index contributed by atoms with van der Waals surface area (Å²) in [5.74, 6) is 1.01. The molecule has 6 heteroatoms. The second kappa shape index (κ2) is 6.09. The highest BCUT2D eigenvalue weighted by molar-refractivity contribution is 6.13. The summed E-state index contributed by atoms with van der Waals surface area (Å²) < 4.78 is 5.77. The van der Waals surface area contributed by atoms with Crippen molar-refractivity contribution in [3.8, 4) is 0 Å². The third-order valence-electron chi connectivity index (χ3n) is 3.84. The minimum atomic E-state index is -0.432. The van der Waals surface area contributed by atoms with Crippen molar-refractivity contribution >= 4 is 23.9 Å². The second-order valence-electron chi connectivity index (χ2n) is 5.42. The molecule has 3 amide bonds. The number of amides is 3. The average molecular weight is 301 g/mol. The van der Waals surface area contributed by atoms with E-state index in [-0.39, 0.29) is 18.1 Å². The van der Waals surface area contributed by atoms with E-state index in [2.05, 4.69) is 16.8 Å². The van der Waals surface area contributed by atoms with Gasteiger partial charge in [0.1, 0.15) is 11.5 Å². The van der Waals surface area contributed by atoms with Crippen molar-refractivity contribution in [2.45, 2.75) is 19.3 Å². The first-order valence-corrected chi connectivity index (χ1v) is 7.49. The number of carbonyl (C=O) groups excluding carboxylic acids is 2. The van der Waals surface area contributed by atoms with Gasteiger partial charge in [-0.2, -0.15) is 0 Å². The maximum absolute atomic E-state index is 12.1. The van der Waals surface area contributed by atoms with Gasteiger partial charge >= 0.3 is 6.03 Å². The van der Waals surface area contributed by atoms with E-state index in [1.807, 2.05) is 12.1 Å². The Balaban J connectivity index is 1.75. The first kappa shape index (κ1) is 14.4. The lowest BCUT2D eigenvalue weighted by Crippen LogP contribution is -2.30. The van der Waals surface area contributed by atoms with Gasteiger partial charge in [0.05, 0.1) is 0 Å². The summed E-state index contributed by atoms with van der Waals surface area (Å²) in [6.07, 6.45) is 6.68. The normalized spacial score (nSPS) is 20.6. The molecule has 0 unspecified atom stereocenters. The molecular weight excluding hydrogens is 282 g/mol. The van der Waals surface area contributed by atoms with E-state index >= 15 is 0 Å². The van der Waals surface area contributed by atoms with E-state index in [1.54, 1.807) is 6.08 Å². The standard InChI is InChI=1S/C16H19N3O3/c1-2-8-19-15(20)13(17-16(19)21)11-12-6-7-14(22-12)18-9-4-3-5-10-18/h2,6-7,11H,1,3-5,8-10H2,(H,17,21)/b13-11+. The molecule has 6 nitrogen and oxygen atoms in total. The Hall–Kier alpha value is -2.50. The number of furan rings is 1. The third kappa shape index (κ3) is 2.77. The van der Waals surface area contributed by atoms with E-state index in [0.717, 1.165) is 23.9 Å². The van der Waals surface area contributed by atoms with Crippen LogP contribution in [0.1, 0.15) is 25.0 Å². The Labute approximate surface area is 129 Å². The summed E-state index contributed by atoms with van der Waals surface area (Å²) in [6, 6.07) is 3.28. The molecular formula is C16H19N3O3. The van der Waals surface area contributed by atoms with E-state index in [1.165, 1.54) is 25.3 Å². The van der Waals surface area contributed by atoms with Gasteiger partial charge in [-0.3, -0.25) is 9.69 Å². The first-order chi connectivity index (χ1) is 10.7. The summed E-state index contributed by atoms with van der Waals surface area (Å²) >= 11 is 0. The van der Waals surface area contributed by atoms with Crippen LogP contribution in [0.3, 0.4) is 0 Å². The zero-order chi connectivity index (χ0) is 15.5. The summed E-state index contributed by atoms with van der Waals surface area (Å²) in [5, 5.41) is 2.55. The van der Waals surface area contributed by atoms with E-state index < -0.39 is 6.03 Å². The van der Waals surface area contributed by atoms with Crippen LogP contribution in [0.25, 0.3) is 6.08 Å². The Morgan fingerprint density at radius 1 is 1.23 bits per heavy atom. The predicted octanol–water partition coefficient (Wildman–Crippen LogP) is 2.35. The van der Waals surface area contributed by atoms with Crippen molar-refractivity contribution < 1.29 is 14.0 Å². The number of rotatable bonds is 4. The third-order valence-corrected chi connectivity index (χ3v) is 3.84. The molecule has 3 rings (SSSR count). The summed E-state index contributed by atoms with van der Waals surface area (Å²) in [7, 11) is 0. The van der Waals surface area contributed by atoms with Crippen LogP contribution < -0.4 is 10.2 Å². The molecule has 0 atom stereocenters. The van der Waals surface area contributed by atoms with Crippen LogP contribution in [0, 0.1) is 0 Å². The molecule has 2 fully saturated rings. The van der Waals surface area contributed by atoms with Crippen LogP contribution in [0.2, 0.25) is 0 Å². The lowest BCUT2D eigenvalue weighted by molar-refractivity contribution is -0.122. The van der Waals surface area contributed by atoms with Crippen molar-refractivity contribution in [3.05, 3.63) is 36.2 Å². The molecule has 1 N–H and O–H groups in total. The smallest absolute Gasteiger partial charge is 0.329 e. The van der Waals surface area contributed by atoms with Crippen molar-refractivity contribution in [2.75, 3.05) is 24.5 Å². The van der Waals surface area contributed by atoms with E-state index in [0.29, 0.717) is 5.76 Å². The largest absolute Gasteiger partial charge is 0.441 e. The number of imide groups is 1. The molecule has 0 saturated carbocycles. The maximum Gasteiger partial charge on any atom is 0.329 e. The molecule has 2 aliphatic rings. The molecule has 0 aliphatic carbocycles. The number of piperidine rings is 1. The average Bonchev–Trinajstić information content (AvgIpc) is 3.09. The van der Waals surface area contributed by atoms with Gasteiger partial charge in [-0.1, -0.05) is 6.08 Å². The topological polar surface area (TPSA) is 65.8 Å². The van der Waals surface area contributed by atoms with Gasteiger partial charge in [-0.25, -0.2) is 4.79 Å². The fraction of sp³-hybridized carbons (Fsp3) is 0.375. The minimum absolute atomic E-state index is 0.194. The molecule has 3 heterocycles. The van der Waals surface area contributed by atoms with Crippen LogP contribution in [0.4, 0.5) is 10.7 Å². The van der Waals surface area contributed by atoms with Gasteiger partial charge in [0.25, 0.3) is 5.91 Å². The maximum atomic E-state index is 12.1. The number of urea groups is 1. The SMILES string of the molecule is C=CCN1C(=O)N/C(=C/c2ccc(N3CCCCC3)o2)C1=O. The number of nitrogens with one attached hydrogen (secondary N) is 1. The lowest BCUT2D eigenvalue weighted by atomic mass is 10.1. The molecule has 0 spiro atoms. The lowest BCUT2D eigenvalue weighted by Gasteiger charge is -2.25. The highest BCUT2D eigenvalue weighted by atomic mass is 16.4. The highest BCUT2D eigenvalue weighted by Gasteiger charge is 2.32. The van der Waals surface area contributed by atoms with Crippen molar-refractivity contribution in [1.82, 2.24) is 10.2 Å². The van der Waals surface area contributed by atoms with Gasteiger partial charge in [0, 0.05) is 31.8 Å². The van der Waals surface area contributed by atoms with E-state index in [4.69, 9.17) is 4.42 Å². The molecule has 0 bridgehead atoms. The van der Waals surface area contributed by atoms with Crippen LogP contribution in [-0.2, 0) is 4.79 Å². The van der Waals surface area contributed by atoms with Gasteiger partial charge in [0.15, 0.2) is 5.88 Å². The summed E-state index contributed by atoms with van der Waals surface area (Å²) in [6.45, 7) is 5.72. The number of hydrogen-bond acceptors (Lipinski definition) is 4. The predicted molar refractivity (Wildman–Crippen MR) is 83.2 cm³/mol. The summed E-state index contributed by atoms with van der Waals surface area (Å²) in [4.78, 5) is 27.1. The van der Waals surface area contributed by atoms with Crippen LogP contribution >= 0.6 is 0 Å². The molecule has 0 radical (unpaired) electrons. The van der Waals surface area contributed by atoms with Crippen LogP contribution in [0.15, 0.2) is 34.9 Å². The molecule has 22 heavy (non-hydrogen) atoms. The number of hydrogen-bond donors (Lipinski definition) is 1. The monoisotopic (exact) mass is 301 g/mol.